The summed E-state index contributed by atoms with van der Waals surface area (Å²) in [6.45, 7) is 9.35. The number of hydrogen-bond donors (Lipinski definition) is 0. The second-order valence-corrected chi connectivity index (χ2v) is 9.38. The van der Waals surface area contributed by atoms with Gasteiger partial charge in [-0.2, -0.15) is 4.98 Å². The molecule has 1 unspecified atom stereocenters. The fourth-order valence-corrected chi connectivity index (χ4v) is 4.92. The maximum atomic E-state index is 13.2. The Kier molecular flexibility index (Phi) is 7.48. The summed E-state index contributed by atoms with van der Waals surface area (Å²) >= 11 is 0. The third-order valence-electron chi connectivity index (χ3n) is 7.20. The first-order chi connectivity index (χ1) is 17.6. The SMILES string of the molecule is COc1ccc(-c2noc(CN3CCN(C(C)C(=O)N4CCN(c5ccccc5)CC4)CC3)n2)cc1. The zero-order valence-electron chi connectivity index (χ0n) is 21.0. The van der Waals surface area contributed by atoms with Gasteiger partial charge >= 0.3 is 0 Å². The predicted molar refractivity (Wildman–Crippen MR) is 138 cm³/mol. The molecule has 9 nitrogen and oxygen atoms in total. The molecule has 0 N–H and O–H groups in total. The summed E-state index contributed by atoms with van der Waals surface area (Å²) in [4.78, 5) is 26.7. The molecule has 3 heterocycles. The van der Waals surface area contributed by atoms with Crippen LogP contribution in [0.4, 0.5) is 5.69 Å². The highest BCUT2D eigenvalue weighted by Gasteiger charge is 2.31. The first-order valence-corrected chi connectivity index (χ1v) is 12.6. The third kappa shape index (κ3) is 5.52. The molecule has 2 aliphatic heterocycles. The Morgan fingerprint density at radius 2 is 1.64 bits per heavy atom. The minimum Gasteiger partial charge on any atom is -0.497 e. The van der Waals surface area contributed by atoms with Crippen LogP contribution in [0.3, 0.4) is 0 Å². The van der Waals surface area contributed by atoms with Crippen LogP contribution in [0.15, 0.2) is 59.1 Å². The molecule has 2 fully saturated rings. The lowest BCUT2D eigenvalue weighted by Crippen LogP contribution is -2.57. The Labute approximate surface area is 212 Å². The Balaban J connectivity index is 1.08. The highest BCUT2D eigenvalue weighted by Crippen LogP contribution is 2.21. The average Bonchev–Trinajstić information content (AvgIpc) is 3.42. The molecule has 0 radical (unpaired) electrons. The minimum atomic E-state index is -0.111. The van der Waals surface area contributed by atoms with E-state index in [4.69, 9.17) is 9.26 Å². The number of amides is 1. The van der Waals surface area contributed by atoms with Gasteiger partial charge in [-0.05, 0) is 43.3 Å². The molecule has 36 heavy (non-hydrogen) atoms. The molecule has 0 spiro atoms. The zero-order valence-corrected chi connectivity index (χ0v) is 21.0. The van der Waals surface area contributed by atoms with E-state index in [1.54, 1.807) is 7.11 Å². The molecule has 190 valence electrons. The largest absolute Gasteiger partial charge is 0.497 e. The number of hydrogen-bond acceptors (Lipinski definition) is 8. The highest BCUT2D eigenvalue weighted by atomic mass is 16.5. The minimum absolute atomic E-state index is 0.111. The van der Waals surface area contributed by atoms with E-state index in [1.807, 2.05) is 42.2 Å². The van der Waals surface area contributed by atoms with Crippen LogP contribution in [-0.2, 0) is 11.3 Å². The fraction of sp³-hybridized carbons (Fsp3) is 0.444. The number of benzene rings is 2. The van der Waals surface area contributed by atoms with Gasteiger partial charge in [0.2, 0.25) is 17.6 Å². The summed E-state index contributed by atoms with van der Waals surface area (Å²) in [6, 6.07) is 17.9. The van der Waals surface area contributed by atoms with Crippen molar-refractivity contribution in [3.63, 3.8) is 0 Å². The predicted octanol–water partition coefficient (Wildman–Crippen LogP) is 2.60. The Morgan fingerprint density at radius 3 is 2.31 bits per heavy atom. The molecule has 3 aromatic rings. The van der Waals surface area contributed by atoms with E-state index >= 15 is 0 Å². The smallest absolute Gasteiger partial charge is 0.241 e. The van der Waals surface area contributed by atoms with Gasteiger partial charge < -0.3 is 19.1 Å². The second-order valence-electron chi connectivity index (χ2n) is 9.38. The molecule has 9 heteroatoms. The molecule has 1 aromatic heterocycles. The molecule has 0 aliphatic carbocycles. The zero-order chi connectivity index (χ0) is 24.9. The third-order valence-corrected chi connectivity index (χ3v) is 7.20. The maximum absolute atomic E-state index is 13.2. The average molecular weight is 491 g/mol. The van der Waals surface area contributed by atoms with Gasteiger partial charge in [0.25, 0.3) is 0 Å². The summed E-state index contributed by atoms with van der Waals surface area (Å²) in [7, 11) is 1.64. The molecule has 1 amide bonds. The van der Waals surface area contributed by atoms with E-state index in [9.17, 15) is 4.79 Å². The van der Waals surface area contributed by atoms with Gasteiger partial charge in [0.15, 0.2) is 0 Å². The normalized spacial score (nSPS) is 18.3. The van der Waals surface area contributed by atoms with E-state index in [0.29, 0.717) is 18.3 Å². The topological polar surface area (TPSA) is 78.2 Å². The van der Waals surface area contributed by atoms with Gasteiger partial charge in [0.05, 0.1) is 19.7 Å². The summed E-state index contributed by atoms with van der Waals surface area (Å²) in [5, 5.41) is 4.13. The van der Waals surface area contributed by atoms with E-state index in [1.165, 1.54) is 5.69 Å². The Hall–Kier alpha value is -3.43. The van der Waals surface area contributed by atoms with E-state index in [2.05, 4.69) is 49.1 Å². The second kappa shape index (κ2) is 11.1. The summed E-state index contributed by atoms with van der Waals surface area (Å²) < 4.78 is 10.7. The molecule has 0 saturated carbocycles. The van der Waals surface area contributed by atoms with Crippen molar-refractivity contribution in [2.75, 3.05) is 64.4 Å². The van der Waals surface area contributed by atoms with Gasteiger partial charge in [-0.1, -0.05) is 23.4 Å². The van der Waals surface area contributed by atoms with Crippen LogP contribution in [0.25, 0.3) is 11.4 Å². The summed E-state index contributed by atoms with van der Waals surface area (Å²) in [6.07, 6.45) is 0. The lowest BCUT2D eigenvalue weighted by Gasteiger charge is -2.41. The van der Waals surface area contributed by atoms with Crippen LogP contribution in [0.2, 0.25) is 0 Å². The first kappa shape index (κ1) is 24.3. The number of anilines is 1. The van der Waals surface area contributed by atoms with Gasteiger partial charge in [-0.25, -0.2) is 0 Å². The quantitative estimate of drug-likeness (QED) is 0.500. The number of carbonyl (C=O) groups is 1. The molecular formula is C27H34N6O3. The van der Waals surface area contributed by atoms with Gasteiger partial charge in [0.1, 0.15) is 5.75 Å². The van der Waals surface area contributed by atoms with Crippen molar-refractivity contribution in [2.45, 2.75) is 19.5 Å². The van der Waals surface area contributed by atoms with Gasteiger partial charge in [-0.3, -0.25) is 14.6 Å². The number of methoxy groups -OCH3 is 1. The number of carbonyl (C=O) groups excluding carboxylic acids is 1. The van der Waals surface area contributed by atoms with Crippen molar-refractivity contribution in [1.82, 2.24) is 24.8 Å². The molecule has 0 bridgehead atoms. The van der Waals surface area contributed by atoms with Crippen LogP contribution in [-0.4, -0.2) is 96.3 Å². The van der Waals surface area contributed by atoms with Crippen molar-refractivity contribution >= 4 is 11.6 Å². The monoisotopic (exact) mass is 490 g/mol. The number of nitrogens with zero attached hydrogens (tertiary/aromatic N) is 6. The number of aromatic nitrogens is 2. The van der Waals surface area contributed by atoms with Crippen molar-refractivity contribution < 1.29 is 14.1 Å². The molecule has 1 atom stereocenters. The van der Waals surface area contributed by atoms with Crippen LogP contribution in [0.1, 0.15) is 12.8 Å². The highest BCUT2D eigenvalue weighted by molar-refractivity contribution is 5.81. The maximum Gasteiger partial charge on any atom is 0.241 e. The fourth-order valence-electron chi connectivity index (χ4n) is 4.92. The number of piperazine rings is 2. The number of rotatable bonds is 7. The number of ether oxygens (including phenoxy) is 1. The van der Waals surface area contributed by atoms with E-state index in [-0.39, 0.29) is 11.9 Å². The van der Waals surface area contributed by atoms with E-state index < -0.39 is 0 Å². The van der Waals surface area contributed by atoms with E-state index in [0.717, 1.165) is 63.7 Å². The standard InChI is InChI=1S/C27H34N6O3/c1-21(27(34)33-18-16-32(17-19-33)23-6-4-3-5-7-23)31-14-12-30(13-15-31)20-25-28-26(29-36-25)22-8-10-24(35-2)11-9-22/h3-11,21H,12-20H2,1-2H3. The van der Waals surface area contributed by atoms with Crippen molar-refractivity contribution in [1.29, 1.82) is 0 Å². The summed E-state index contributed by atoms with van der Waals surface area (Å²) in [5.74, 6) is 2.22. The molecule has 2 saturated heterocycles. The number of para-hydroxylation sites is 1. The lowest BCUT2D eigenvalue weighted by molar-refractivity contribution is -0.137. The molecule has 5 rings (SSSR count). The van der Waals surface area contributed by atoms with Crippen LogP contribution < -0.4 is 9.64 Å². The van der Waals surface area contributed by atoms with Crippen molar-refractivity contribution in [2.24, 2.45) is 0 Å². The van der Waals surface area contributed by atoms with Crippen molar-refractivity contribution in [3.05, 3.63) is 60.5 Å². The van der Waals surface area contributed by atoms with Crippen LogP contribution in [0.5, 0.6) is 5.75 Å². The van der Waals surface area contributed by atoms with Gasteiger partial charge in [-0.15, -0.1) is 0 Å². The van der Waals surface area contributed by atoms with Gasteiger partial charge in [0, 0.05) is 63.6 Å². The lowest BCUT2D eigenvalue weighted by atomic mass is 10.1. The molecule has 2 aliphatic rings. The Bertz CT molecular complexity index is 1120. The van der Waals surface area contributed by atoms with Crippen LogP contribution in [0, 0.1) is 0 Å². The molecular weight excluding hydrogens is 456 g/mol. The Morgan fingerprint density at radius 1 is 0.944 bits per heavy atom. The molecule has 2 aromatic carbocycles. The summed E-state index contributed by atoms with van der Waals surface area (Å²) in [5.41, 5.74) is 2.12. The van der Waals surface area contributed by atoms with Crippen LogP contribution >= 0.6 is 0 Å². The first-order valence-electron chi connectivity index (χ1n) is 12.6. The van der Waals surface area contributed by atoms with Crippen molar-refractivity contribution in [3.8, 4) is 17.1 Å².